The maximum Gasteiger partial charge on any atom is 0.369 e. The quantitative estimate of drug-likeness (QED) is 0.725. The molecule has 1 aromatic rings. The van der Waals surface area contributed by atoms with Gasteiger partial charge in [0, 0.05) is 0 Å². The van der Waals surface area contributed by atoms with Gasteiger partial charge in [-0.3, -0.25) is 0 Å². The molecule has 0 spiro atoms. The van der Waals surface area contributed by atoms with Gasteiger partial charge in [0.05, 0.1) is 19.1 Å². The van der Waals surface area contributed by atoms with E-state index in [4.69, 9.17) is 9.47 Å². The van der Waals surface area contributed by atoms with Crippen LogP contribution in [0.2, 0.25) is 0 Å². The Hall–Kier alpha value is -1.84. The van der Waals surface area contributed by atoms with Gasteiger partial charge < -0.3 is 9.47 Å². The van der Waals surface area contributed by atoms with E-state index in [-0.39, 0.29) is 5.97 Å². The molecule has 1 heterocycles. The summed E-state index contributed by atoms with van der Waals surface area (Å²) in [7, 11) is 1.38. The smallest absolute Gasteiger partial charge is 0.369 e. The zero-order valence-electron chi connectivity index (χ0n) is 10.0. The highest BCUT2D eigenvalue weighted by molar-refractivity contribution is 5.93. The number of esters is 1. The van der Waals surface area contributed by atoms with E-state index in [0.29, 0.717) is 18.9 Å². The second-order valence-corrected chi connectivity index (χ2v) is 4.20. The Kier molecular flexibility index (Phi) is 3.13. The number of hydrogen-bond donors (Lipinski definition) is 1. The topological polar surface area (TPSA) is 49.5 Å². The molecule has 2 rings (SSSR count). The van der Waals surface area contributed by atoms with Crippen molar-refractivity contribution < 1.29 is 19.3 Å². The summed E-state index contributed by atoms with van der Waals surface area (Å²) in [6.45, 7) is 2.44. The molecule has 0 fully saturated rings. The van der Waals surface area contributed by atoms with Crippen molar-refractivity contribution in [2.45, 2.75) is 18.9 Å². The standard InChI is InChI=1S/C13H15NO3/c1-13(12(15)16-2)8-9-14-11(17-13)10-6-4-3-5-7-10/h3-7H,8-9H2,1-2H3/p+1/t13-/m1/s1. The summed E-state index contributed by atoms with van der Waals surface area (Å²) in [6, 6.07) is 9.66. The van der Waals surface area contributed by atoms with E-state index < -0.39 is 5.60 Å². The van der Waals surface area contributed by atoms with Gasteiger partial charge in [0.25, 0.3) is 0 Å². The molecule has 0 aliphatic carbocycles. The van der Waals surface area contributed by atoms with Crippen LogP contribution in [0.3, 0.4) is 0 Å². The highest BCUT2D eigenvalue weighted by Gasteiger charge is 2.42. The number of benzene rings is 1. The number of carbonyl (C=O) groups excluding carboxylic acids is 1. The number of rotatable bonds is 2. The molecule has 0 aromatic heterocycles. The molecule has 4 nitrogen and oxygen atoms in total. The molecule has 0 saturated carbocycles. The summed E-state index contributed by atoms with van der Waals surface area (Å²) in [5, 5.41) is 0. The third kappa shape index (κ3) is 2.30. The van der Waals surface area contributed by atoms with Crippen LogP contribution in [0.15, 0.2) is 30.3 Å². The Labute approximate surface area is 100 Å². The minimum absolute atomic E-state index is 0.340. The van der Waals surface area contributed by atoms with E-state index >= 15 is 0 Å². The van der Waals surface area contributed by atoms with Crippen LogP contribution in [-0.4, -0.2) is 31.1 Å². The van der Waals surface area contributed by atoms with Gasteiger partial charge in [-0.15, -0.1) is 0 Å². The van der Waals surface area contributed by atoms with Crippen molar-refractivity contribution in [3.05, 3.63) is 35.9 Å². The lowest BCUT2D eigenvalue weighted by Crippen LogP contribution is -2.79. The lowest BCUT2D eigenvalue weighted by molar-refractivity contribution is -0.484. The highest BCUT2D eigenvalue weighted by atomic mass is 16.6. The molecule has 1 aromatic carbocycles. The zero-order valence-corrected chi connectivity index (χ0v) is 10.0. The molecule has 0 amide bonds. The normalized spacial score (nSPS) is 23.5. The maximum absolute atomic E-state index is 11.7. The van der Waals surface area contributed by atoms with Gasteiger partial charge >= 0.3 is 11.9 Å². The van der Waals surface area contributed by atoms with Crippen LogP contribution in [0, 0.1) is 0 Å². The van der Waals surface area contributed by atoms with Crippen molar-refractivity contribution in [1.29, 1.82) is 0 Å². The summed E-state index contributed by atoms with van der Waals surface area (Å²) in [6.07, 6.45) is 0.593. The first-order valence-electron chi connectivity index (χ1n) is 5.59. The number of nitrogens with one attached hydrogen (secondary N) is 1. The maximum atomic E-state index is 11.7. The van der Waals surface area contributed by atoms with Crippen molar-refractivity contribution in [1.82, 2.24) is 0 Å². The molecule has 1 atom stereocenters. The predicted molar refractivity (Wildman–Crippen MR) is 62.5 cm³/mol. The fourth-order valence-electron chi connectivity index (χ4n) is 1.84. The van der Waals surface area contributed by atoms with E-state index in [0.717, 1.165) is 5.56 Å². The Balaban J connectivity index is 2.23. The van der Waals surface area contributed by atoms with Crippen LogP contribution >= 0.6 is 0 Å². The largest absolute Gasteiger partial charge is 0.466 e. The number of carbonyl (C=O) groups is 1. The van der Waals surface area contributed by atoms with Gasteiger partial charge in [-0.2, -0.15) is 0 Å². The molecule has 4 heteroatoms. The van der Waals surface area contributed by atoms with Crippen molar-refractivity contribution in [3.63, 3.8) is 0 Å². The van der Waals surface area contributed by atoms with Crippen LogP contribution in [0.5, 0.6) is 0 Å². The SMILES string of the molecule is COC(=O)[C@@]1(C)CC[NH+]=C(c2ccccc2)O1. The summed E-state index contributed by atoms with van der Waals surface area (Å²) in [4.78, 5) is 14.8. The summed E-state index contributed by atoms with van der Waals surface area (Å²) >= 11 is 0. The van der Waals surface area contributed by atoms with Crippen LogP contribution in [0.4, 0.5) is 0 Å². The molecule has 0 radical (unpaired) electrons. The second kappa shape index (κ2) is 4.57. The summed E-state index contributed by atoms with van der Waals surface area (Å²) in [5.41, 5.74) is 0.0351. The van der Waals surface area contributed by atoms with Crippen molar-refractivity contribution in [2.24, 2.45) is 0 Å². The zero-order chi connectivity index (χ0) is 12.3. The Morgan fingerprint density at radius 2 is 2.12 bits per heavy atom. The van der Waals surface area contributed by atoms with Gasteiger partial charge in [0.15, 0.2) is 0 Å². The predicted octanol–water partition coefficient (Wildman–Crippen LogP) is -0.134. The van der Waals surface area contributed by atoms with Crippen molar-refractivity contribution >= 4 is 11.9 Å². The van der Waals surface area contributed by atoms with Gasteiger partial charge in [0.1, 0.15) is 6.54 Å². The molecule has 0 saturated heterocycles. The highest BCUT2D eigenvalue weighted by Crippen LogP contribution is 2.19. The summed E-state index contributed by atoms with van der Waals surface area (Å²) < 4.78 is 10.5. The first-order valence-corrected chi connectivity index (χ1v) is 5.59. The first kappa shape index (κ1) is 11.6. The molecule has 1 aliphatic heterocycles. The lowest BCUT2D eigenvalue weighted by atomic mass is 10.0. The monoisotopic (exact) mass is 234 g/mol. The number of ether oxygens (including phenoxy) is 2. The van der Waals surface area contributed by atoms with E-state index in [2.05, 4.69) is 4.99 Å². The average molecular weight is 234 g/mol. The Bertz CT molecular complexity index is 441. The average Bonchev–Trinajstić information content (AvgIpc) is 2.39. The van der Waals surface area contributed by atoms with E-state index in [9.17, 15) is 4.79 Å². The van der Waals surface area contributed by atoms with Gasteiger partial charge in [-0.1, -0.05) is 18.2 Å². The molecule has 0 bridgehead atoms. The fraction of sp³-hybridized carbons (Fsp3) is 0.385. The molecular formula is C13H16NO3+. The molecule has 1 N–H and O–H groups in total. The third-order valence-corrected chi connectivity index (χ3v) is 2.87. The van der Waals surface area contributed by atoms with Crippen molar-refractivity contribution in [2.75, 3.05) is 13.7 Å². The van der Waals surface area contributed by atoms with E-state index in [1.165, 1.54) is 7.11 Å². The number of hydrogen-bond acceptors (Lipinski definition) is 3. The summed E-state index contributed by atoms with van der Waals surface area (Å²) in [5.74, 6) is 0.289. The van der Waals surface area contributed by atoms with E-state index in [1.54, 1.807) is 6.92 Å². The van der Waals surface area contributed by atoms with E-state index in [1.807, 2.05) is 30.3 Å². The third-order valence-electron chi connectivity index (χ3n) is 2.87. The van der Waals surface area contributed by atoms with Crippen LogP contribution < -0.4 is 4.99 Å². The number of methoxy groups -OCH3 is 1. The molecular weight excluding hydrogens is 218 g/mol. The minimum atomic E-state index is -0.898. The molecule has 17 heavy (non-hydrogen) atoms. The second-order valence-electron chi connectivity index (χ2n) is 4.20. The Morgan fingerprint density at radius 3 is 2.76 bits per heavy atom. The van der Waals surface area contributed by atoms with Crippen LogP contribution in [0.1, 0.15) is 18.9 Å². The minimum Gasteiger partial charge on any atom is -0.466 e. The van der Waals surface area contributed by atoms with Crippen LogP contribution in [0.25, 0.3) is 0 Å². The molecule has 0 unspecified atom stereocenters. The first-order chi connectivity index (χ1) is 8.15. The molecule has 90 valence electrons. The van der Waals surface area contributed by atoms with Gasteiger partial charge in [-0.05, 0) is 19.1 Å². The van der Waals surface area contributed by atoms with Gasteiger partial charge in [-0.25, -0.2) is 9.79 Å². The van der Waals surface area contributed by atoms with Crippen LogP contribution in [-0.2, 0) is 14.3 Å². The van der Waals surface area contributed by atoms with Crippen molar-refractivity contribution in [3.8, 4) is 0 Å². The molecule has 1 aliphatic rings. The lowest BCUT2D eigenvalue weighted by Gasteiger charge is -2.27. The fourth-order valence-corrected chi connectivity index (χ4v) is 1.84. The Morgan fingerprint density at radius 1 is 1.41 bits per heavy atom. The van der Waals surface area contributed by atoms with Gasteiger partial charge in [0.2, 0.25) is 5.60 Å².